The predicted molar refractivity (Wildman–Crippen MR) is 129 cm³/mol. The van der Waals surface area contributed by atoms with Crippen molar-refractivity contribution in [3.05, 3.63) is 70.3 Å². The molecule has 1 aliphatic heterocycles. The number of hydrogen-bond acceptors (Lipinski definition) is 6. The third-order valence-corrected chi connectivity index (χ3v) is 5.98. The molecular weight excluding hydrogens is 414 g/mol. The van der Waals surface area contributed by atoms with Gasteiger partial charge in [0.05, 0.1) is 12.7 Å². The quantitative estimate of drug-likeness (QED) is 0.603. The fourth-order valence-electron chi connectivity index (χ4n) is 4.55. The first kappa shape index (κ1) is 22.7. The third kappa shape index (κ3) is 5.13. The van der Waals surface area contributed by atoms with Gasteiger partial charge in [0.15, 0.2) is 0 Å². The molecule has 1 amide bonds. The number of pyridine rings is 1. The van der Waals surface area contributed by atoms with Crippen LogP contribution in [0.2, 0.25) is 0 Å². The summed E-state index contributed by atoms with van der Waals surface area (Å²) < 4.78 is 5.52. The van der Waals surface area contributed by atoms with Crippen LogP contribution in [0.5, 0.6) is 5.75 Å². The molecule has 7 heteroatoms. The predicted octanol–water partition coefficient (Wildman–Crippen LogP) is 4.88. The number of amides is 1. The fourth-order valence-corrected chi connectivity index (χ4v) is 4.55. The van der Waals surface area contributed by atoms with Crippen molar-refractivity contribution in [3.8, 4) is 5.75 Å². The Morgan fingerprint density at radius 2 is 1.76 bits per heavy atom. The van der Waals surface area contributed by atoms with Gasteiger partial charge in [-0.3, -0.25) is 9.78 Å². The number of methoxy groups -OCH3 is 1. The average Bonchev–Trinajstić information content (AvgIpc) is 2.77. The van der Waals surface area contributed by atoms with Crippen molar-refractivity contribution >= 4 is 17.5 Å². The van der Waals surface area contributed by atoms with Crippen LogP contribution in [-0.2, 0) is 0 Å². The Labute approximate surface area is 195 Å². The second-order valence-corrected chi connectivity index (χ2v) is 8.77. The summed E-state index contributed by atoms with van der Waals surface area (Å²) in [5.41, 5.74) is 6.23. The number of aromatic nitrogens is 3. The molecular formula is C26H31N5O2. The molecule has 0 saturated carbocycles. The molecule has 7 nitrogen and oxygen atoms in total. The molecule has 2 aromatic heterocycles. The molecule has 4 rings (SSSR count). The van der Waals surface area contributed by atoms with E-state index in [0.29, 0.717) is 23.8 Å². The Bertz CT molecular complexity index is 1160. The first-order chi connectivity index (χ1) is 15.8. The van der Waals surface area contributed by atoms with Gasteiger partial charge in [-0.05, 0) is 70.4 Å². The maximum atomic E-state index is 13.3. The second-order valence-electron chi connectivity index (χ2n) is 8.77. The molecule has 1 N–H and O–H groups in total. The number of hydrogen-bond donors (Lipinski definition) is 1. The lowest BCUT2D eigenvalue weighted by Crippen LogP contribution is -2.39. The number of nitrogens with zero attached hydrogens (tertiary/aromatic N) is 4. The normalized spacial score (nSPS) is 15.9. The summed E-state index contributed by atoms with van der Waals surface area (Å²) in [5.74, 6) is 1.41. The monoisotopic (exact) mass is 445 g/mol. The zero-order valence-electron chi connectivity index (χ0n) is 20.0. The number of benzene rings is 1. The molecule has 0 bridgehead atoms. The summed E-state index contributed by atoms with van der Waals surface area (Å²) in [6.07, 6.45) is 1.92. The fraction of sp³-hybridized carbons (Fsp3) is 0.385. The summed E-state index contributed by atoms with van der Waals surface area (Å²) in [4.78, 5) is 29.0. The molecule has 3 heterocycles. The number of piperidine rings is 1. The van der Waals surface area contributed by atoms with Gasteiger partial charge in [-0.1, -0.05) is 12.1 Å². The highest BCUT2D eigenvalue weighted by atomic mass is 16.5. The molecule has 0 unspecified atom stereocenters. The van der Waals surface area contributed by atoms with Crippen molar-refractivity contribution in [2.45, 2.75) is 46.5 Å². The van der Waals surface area contributed by atoms with Gasteiger partial charge < -0.3 is 15.0 Å². The van der Waals surface area contributed by atoms with Crippen LogP contribution in [0.15, 0.2) is 36.4 Å². The van der Waals surface area contributed by atoms with Crippen LogP contribution in [-0.4, -0.2) is 46.0 Å². The molecule has 172 valence electrons. The SMILES string of the molecule is COc1c(C)cccc1C(=O)N1CCC[C@H](c2cc(Nc3nc(C)cc(C)n3)cc(C)n2)C1. The van der Waals surface area contributed by atoms with Gasteiger partial charge in [-0.2, -0.15) is 0 Å². The van der Waals surface area contributed by atoms with E-state index in [-0.39, 0.29) is 11.8 Å². The molecule has 1 atom stereocenters. The number of para-hydroxylation sites is 1. The molecule has 0 aliphatic carbocycles. The van der Waals surface area contributed by atoms with E-state index in [1.165, 1.54) is 0 Å². The Balaban J connectivity index is 1.56. The van der Waals surface area contributed by atoms with Crippen molar-refractivity contribution < 1.29 is 9.53 Å². The van der Waals surface area contributed by atoms with Crippen LogP contribution >= 0.6 is 0 Å². The van der Waals surface area contributed by atoms with E-state index in [1.54, 1.807) is 7.11 Å². The summed E-state index contributed by atoms with van der Waals surface area (Å²) in [5, 5.41) is 3.33. The minimum atomic E-state index is 0.00916. The molecule has 0 radical (unpaired) electrons. The molecule has 0 spiro atoms. The topological polar surface area (TPSA) is 80.2 Å². The first-order valence-corrected chi connectivity index (χ1v) is 11.3. The molecule has 33 heavy (non-hydrogen) atoms. The van der Waals surface area contributed by atoms with E-state index in [0.717, 1.165) is 53.4 Å². The van der Waals surface area contributed by atoms with Gasteiger partial charge in [0.1, 0.15) is 5.75 Å². The number of carbonyl (C=O) groups is 1. The van der Waals surface area contributed by atoms with Crippen LogP contribution in [0.4, 0.5) is 11.6 Å². The van der Waals surface area contributed by atoms with Gasteiger partial charge in [-0.15, -0.1) is 0 Å². The number of nitrogens with one attached hydrogen (secondary N) is 1. The highest BCUT2D eigenvalue weighted by Gasteiger charge is 2.28. The zero-order valence-corrected chi connectivity index (χ0v) is 20.0. The molecule has 1 fully saturated rings. The number of ether oxygens (including phenoxy) is 1. The summed E-state index contributed by atoms with van der Waals surface area (Å²) in [6, 6.07) is 11.7. The van der Waals surface area contributed by atoms with Crippen molar-refractivity contribution in [1.29, 1.82) is 0 Å². The van der Waals surface area contributed by atoms with Gasteiger partial charge in [0.25, 0.3) is 5.91 Å². The van der Waals surface area contributed by atoms with E-state index in [2.05, 4.69) is 21.4 Å². The number of aryl methyl sites for hydroxylation is 4. The van der Waals surface area contributed by atoms with Crippen molar-refractivity contribution in [3.63, 3.8) is 0 Å². The largest absolute Gasteiger partial charge is 0.496 e. The lowest BCUT2D eigenvalue weighted by Gasteiger charge is -2.33. The van der Waals surface area contributed by atoms with E-state index < -0.39 is 0 Å². The van der Waals surface area contributed by atoms with E-state index in [1.807, 2.05) is 62.9 Å². The van der Waals surface area contributed by atoms with E-state index in [4.69, 9.17) is 9.72 Å². The molecule has 3 aromatic rings. The number of anilines is 2. The van der Waals surface area contributed by atoms with Gasteiger partial charge in [0.2, 0.25) is 5.95 Å². The van der Waals surface area contributed by atoms with Crippen molar-refractivity contribution in [2.24, 2.45) is 0 Å². The van der Waals surface area contributed by atoms with Crippen LogP contribution in [0.1, 0.15) is 57.5 Å². The minimum Gasteiger partial charge on any atom is -0.496 e. The summed E-state index contributed by atoms with van der Waals surface area (Å²) in [6.45, 7) is 9.23. The number of likely N-dealkylation sites (tertiary alicyclic amines) is 1. The smallest absolute Gasteiger partial charge is 0.257 e. The van der Waals surface area contributed by atoms with Crippen molar-refractivity contribution in [1.82, 2.24) is 19.9 Å². The van der Waals surface area contributed by atoms with Crippen LogP contribution < -0.4 is 10.1 Å². The van der Waals surface area contributed by atoms with Crippen LogP contribution in [0.3, 0.4) is 0 Å². The lowest BCUT2D eigenvalue weighted by molar-refractivity contribution is 0.0702. The second kappa shape index (κ2) is 9.57. The van der Waals surface area contributed by atoms with Crippen LogP contribution in [0.25, 0.3) is 0 Å². The first-order valence-electron chi connectivity index (χ1n) is 11.3. The minimum absolute atomic E-state index is 0.00916. The lowest BCUT2D eigenvalue weighted by atomic mass is 9.93. The third-order valence-electron chi connectivity index (χ3n) is 5.98. The standard InChI is InChI=1S/C26H31N5O2/c1-16-8-6-10-22(24(16)33-5)25(32)31-11-7-9-20(15-31)23-14-21(13-19(4)27-23)30-26-28-17(2)12-18(3)29-26/h6,8,10,12-14,20H,7,9,11,15H2,1-5H3,(H,27,28,29,30)/t20-/m0/s1. The Kier molecular flexibility index (Phi) is 6.58. The maximum Gasteiger partial charge on any atom is 0.257 e. The van der Waals surface area contributed by atoms with E-state index in [9.17, 15) is 4.79 Å². The highest BCUT2D eigenvalue weighted by molar-refractivity contribution is 5.97. The van der Waals surface area contributed by atoms with E-state index >= 15 is 0 Å². The highest BCUT2D eigenvalue weighted by Crippen LogP contribution is 2.31. The van der Waals surface area contributed by atoms with Gasteiger partial charge >= 0.3 is 0 Å². The maximum absolute atomic E-state index is 13.3. The van der Waals surface area contributed by atoms with Gasteiger partial charge in [-0.25, -0.2) is 9.97 Å². The van der Waals surface area contributed by atoms with Crippen molar-refractivity contribution in [2.75, 3.05) is 25.5 Å². The Morgan fingerprint density at radius 3 is 2.48 bits per heavy atom. The van der Waals surface area contributed by atoms with Crippen LogP contribution in [0, 0.1) is 27.7 Å². The summed E-state index contributed by atoms with van der Waals surface area (Å²) in [7, 11) is 1.61. The molecule has 1 aromatic carbocycles. The summed E-state index contributed by atoms with van der Waals surface area (Å²) >= 11 is 0. The number of carbonyl (C=O) groups excluding carboxylic acids is 1. The average molecular weight is 446 g/mol. The zero-order chi connectivity index (χ0) is 23.5. The molecule has 1 aliphatic rings. The van der Waals surface area contributed by atoms with Gasteiger partial charge in [0, 0.05) is 47.5 Å². The Morgan fingerprint density at radius 1 is 1.03 bits per heavy atom. The number of rotatable bonds is 5. The Hall–Kier alpha value is -3.48. The molecule has 1 saturated heterocycles.